The molecule has 3 rings (SSSR count). The second-order valence-corrected chi connectivity index (χ2v) is 6.82. The third-order valence-corrected chi connectivity index (χ3v) is 5.19. The van der Waals surface area contributed by atoms with Crippen molar-refractivity contribution >= 4 is 28.6 Å². The standard InChI is InChI=1S/C20H21NO6S/c1-5-27-20(23)17-19(13-8-11(24-2)6-7-14(13)21-17)28-12-9-15(22)18(26-4)16(10-12)25-3/h6-10,21-22H,5H2,1-4H3. The van der Waals surface area contributed by atoms with Crippen molar-refractivity contribution in [2.24, 2.45) is 0 Å². The molecule has 0 aliphatic heterocycles. The molecule has 1 heterocycles. The number of aromatic nitrogens is 1. The summed E-state index contributed by atoms with van der Waals surface area (Å²) < 4.78 is 21.0. The molecule has 1 aromatic heterocycles. The summed E-state index contributed by atoms with van der Waals surface area (Å²) in [5.41, 5.74) is 1.11. The van der Waals surface area contributed by atoms with Gasteiger partial charge in [0, 0.05) is 15.8 Å². The Labute approximate surface area is 166 Å². The number of esters is 1. The molecule has 0 saturated carbocycles. The van der Waals surface area contributed by atoms with E-state index in [2.05, 4.69) is 4.98 Å². The Bertz CT molecular complexity index is 1010. The van der Waals surface area contributed by atoms with E-state index in [1.54, 1.807) is 26.2 Å². The van der Waals surface area contributed by atoms with E-state index < -0.39 is 5.97 Å². The van der Waals surface area contributed by atoms with Gasteiger partial charge in [0.25, 0.3) is 0 Å². The second kappa shape index (κ2) is 8.35. The van der Waals surface area contributed by atoms with Crippen LogP contribution in [0.2, 0.25) is 0 Å². The van der Waals surface area contributed by atoms with Crippen LogP contribution in [0.1, 0.15) is 17.4 Å². The summed E-state index contributed by atoms with van der Waals surface area (Å²) in [7, 11) is 4.53. The van der Waals surface area contributed by atoms with Crippen molar-refractivity contribution in [3.8, 4) is 23.0 Å². The van der Waals surface area contributed by atoms with Crippen LogP contribution in [0.25, 0.3) is 10.9 Å². The SMILES string of the molecule is CCOC(=O)c1[nH]c2ccc(OC)cc2c1Sc1cc(O)c(OC)c(OC)c1. The molecular formula is C20H21NO6S. The quantitative estimate of drug-likeness (QED) is 0.571. The van der Waals surface area contributed by atoms with Crippen molar-refractivity contribution in [3.63, 3.8) is 0 Å². The van der Waals surface area contributed by atoms with E-state index in [9.17, 15) is 9.90 Å². The number of nitrogens with one attached hydrogen (secondary N) is 1. The van der Waals surface area contributed by atoms with Crippen LogP contribution in [0.15, 0.2) is 40.1 Å². The highest BCUT2D eigenvalue weighted by Crippen LogP contribution is 2.44. The number of benzene rings is 2. The first-order valence-corrected chi connectivity index (χ1v) is 9.33. The predicted octanol–water partition coefficient (Wildman–Crippen LogP) is 4.23. The van der Waals surface area contributed by atoms with Crippen molar-refractivity contribution in [3.05, 3.63) is 36.0 Å². The van der Waals surface area contributed by atoms with Crippen LogP contribution in [0.5, 0.6) is 23.0 Å². The van der Waals surface area contributed by atoms with Gasteiger partial charge in [-0.15, -0.1) is 0 Å². The van der Waals surface area contributed by atoms with Crippen LogP contribution in [0, 0.1) is 0 Å². The number of fused-ring (bicyclic) bond motifs is 1. The van der Waals surface area contributed by atoms with Gasteiger partial charge in [0.2, 0.25) is 5.75 Å². The molecule has 2 aromatic carbocycles. The number of aromatic hydroxyl groups is 1. The number of rotatable bonds is 7. The number of hydrogen-bond donors (Lipinski definition) is 2. The zero-order valence-corrected chi connectivity index (χ0v) is 16.8. The number of carbonyl (C=O) groups is 1. The highest BCUT2D eigenvalue weighted by atomic mass is 32.2. The lowest BCUT2D eigenvalue weighted by Gasteiger charge is -2.12. The van der Waals surface area contributed by atoms with E-state index in [4.69, 9.17) is 18.9 Å². The van der Waals surface area contributed by atoms with Crippen molar-refractivity contribution in [2.75, 3.05) is 27.9 Å². The third kappa shape index (κ3) is 3.68. The fourth-order valence-corrected chi connectivity index (χ4v) is 3.91. The Kier molecular flexibility index (Phi) is 5.89. The first-order chi connectivity index (χ1) is 13.5. The Morgan fingerprint density at radius 3 is 2.54 bits per heavy atom. The molecular weight excluding hydrogens is 382 g/mol. The monoisotopic (exact) mass is 403 g/mol. The summed E-state index contributed by atoms with van der Waals surface area (Å²) in [4.78, 5) is 16.9. The molecule has 0 aliphatic carbocycles. The Balaban J connectivity index is 2.14. The molecule has 0 spiro atoms. The first kappa shape index (κ1) is 19.8. The van der Waals surface area contributed by atoms with Crippen LogP contribution in [-0.2, 0) is 4.74 Å². The zero-order valence-electron chi connectivity index (χ0n) is 16.0. The van der Waals surface area contributed by atoms with E-state index in [0.29, 0.717) is 27.0 Å². The summed E-state index contributed by atoms with van der Waals surface area (Å²) in [6.07, 6.45) is 0. The summed E-state index contributed by atoms with van der Waals surface area (Å²) in [6.45, 7) is 2.02. The van der Waals surface area contributed by atoms with Crippen LogP contribution in [0.4, 0.5) is 0 Å². The first-order valence-electron chi connectivity index (χ1n) is 8.52. The van der Waals surface area contributed by atoms with Crippen LogP contribution < -0.4 is 14.2 Å². The molecule has 0 amide bonds. The van der Waals surface area contributed by atoms with Gasteiger partial charge in [0.15, 0.2) is 11.5 Å². The normalized spacial score (nSPS) is 10.7. The molecule has 7 nitrogen and oxygen atoms in total. The van der Waals surface area contributed by atoms with Crippen molar-refractivity contribution in [2.45, 2.75) is 16.7 Å². The fraction of sp³-hybridized carbons (Fsp3) is 0.250. The van der Waals surface area contributed by atoms with E-state index in [-0.39, 0.29) is 18.1 Å². The lowest BCUT2D eigenvalue weighted by molar-refractivity contribution is 0.0516. The van der Waals surface area contributed by atoms with Crippen LogP contribution in [0.3, 0.4) is 0 Å². The molecule has 0 aliphatic rings. The summed E-state index contributed by atoms with van der Waals surface area (Å²) in [5, 5.41) is 11.1. The lowest BCUT2D eigenvalue weighted by atomic mass is 10.2. The van der Waals surface area contributed by atoms with Gasteiger partial charge in [-0.05, 0) is 37.3 Å². The highest BCUT2D eigenvalue weighted by Gasteiger charge is 2.22. The summed E-state index contributed by atoms with van der Waals surface area (Å²) in [5.74, 6) is 0.793. The lowest BCUT2D eigenvalue weighted by Crippen LogP contribution is -2.06. The van der Waals surface area contributed by atoms with E-state index in [1.165, 1.54) is 26.0 Å². The molecule has 0 fully saturated rings. The van der Waals surface area contributed by atoms with Crippen molar-refractivity contribution in [1.29, 1.82) is 0 Å². The van der Waals surface area contributed by atoms with Gasteiger partial charge in [0.05, 0.1) is 32.8 Å². The molecule has 0 unspecified atom stereocenters. The van der Waals surface area contributed by atoms with Gasteiger partial charge in [-0.3, -0.25) is 0 Å². The molecule has 0 atom stereocenters. The predicted molar refractivity (Wildman–Crippen MR) is 106 cm³/mol. The van der Waals surface area contributed by atoms with E-state index in [1.807, 2.05) is 18.2 Å². The second-order valence-electron chi connectivity index (χ2n) is 5.74. The minimum absolute atomic E-state index is 0.0561. The van der Waals surface area contributed by atoms with Crippen LogP contribution >= 0.6 is 11.8 Å². The third-order valence-electron chi connectivity index (χ3n) is 4.09. The number of phenolic OH excluding ortho intramolecular Hbond substituents is 1. The van der Waals surface area contributed by atoms with Crippen molar-refractivity contribution < 1.29 is 28.8 Å². The Morgan fingerprint density at radius 2 is 1.89 bits per heavy atom. The van der Waals surface area contributed by atoms with Gasteiger partial charge in [0.1, 0.15) is 11.4 Å². The van der Waals surface area contributed by atoms with E-state index in [0.717, 1.165) is 10.9 Å². The molecule has 8 heteroatoms. The molecule has 28 heavy (non-hydrogen) atoms. The minimum Gasteiger partial charge on any atom is -0.504 e. The number of methoxy groups -OCH3 is 3. The number of hydrogen-bond acceptors (Lipinski definition) is 7. The molecule has 0 radical (unpaired) electrons. The van der Waals surface area contributed by atoms with E-state index >= 15 is 0 Å². The van der Waals surface area contributed by atoms with Gasteiger partial charge in [-0.2, -0.15) is 0 Å². The Hall–Kier alpha value is -3.00. The van der Waals surface area contributed by atoms with Gasteiger partial charge in [-0.25, -0.2) is 4.79 Å². The molecule has 2 N–H and O–H groups in total. The molecule has 3 aromatic rings. The fourth-order valence-electron chi connectivity index (χ4n) is 2.82. The number of ether oxygens (including phenoxy) is 4. The topological polar surface area (TPSA) is 90.0 Å². The zero-order chi connectivity index (χ0) is 20.3. The molecule has 0 bridgehead atoms. The maximum Gasteiger partial charge on any atom is 0.355 e. The maximum absolute atomic E-state index is 12.5. The van der Waals surface area contributed by atoms with Gasteiger partial charge in [-0.1, -0.05) is 11.8 Å². The average molecular weight is 403 g/mol. The van der Waals surface area contributed by atoms with Crippen molar-refractivity contribution in [1.82, 2.24) is 4.98 Å². The number of phenols is 1. The van der Waals surface area contributed by atoms with Gasteiger partial charge >= 0.3 is 5.97 Å². The number of aromatic amines is 1. The van der Waals surface area contributed by atoms with Crippen LogP contribution in [-0.4, -0.2) is 44.0 Å². The maximum atomic E-state index is 12.5. The summed E-state index contributed by atoms with van der Waals surface area (Å²) >= 11 is 1.30. The molecule has 0 saturated heterocycles. The average Bonchev–Trinajstić information content (AvgIpc) is 3.05. The minimum atomic E-state index is -0.454. The smallest absolute Gasteiger partial charge is 0.355 e. The summed E-state index contributed by atoms with van der Waals surface area (Å²) in [6, 6.07) is 8.78. The Morgan fingerprint density at radius 1 is 1.11 bits per heavy atom. The molecule has 148 valence electrons. The number of carbonyl (C=O) groups excluding carboxylic acids is 1. The van der Waals surface area contributed by atoms with Gasteiger partial charge < -0.3 is 29.0 Å². The highest BCUT2D eigenvalue weighted by molar-refractivity contribution is 7.99. The largest absolute Gasteiger partial charge is 0.504 e. The number of H-pyrrole nitrogens is 1.